The van der Waals surface area contributed by atoms with E-state index in [4.69, 9.17) is 24.0 Å². The number of nitrogens with two attached hydrogens (primary N) is 1. The lowest BCUT2D eigenvalue weighted by Gasteiger charge is -2.41. The summed E-state index contributed by atoms with van der Waals surface area (Å²) in [6.45, 7) is 4.66. The highest BCUT2D eigenvalue weighted by atomic mass is 31.2. The SMILES string of the molecule is CO[C@@H]1COP(=O)(OC(C)C)O[C@H]1[C@@](C)(C#N)n1ccc(N)nc1=O. The van der Waals surface area contributed by atoms with Crippen molar-refractivity contribution in [1.29, 1.82) is 5.26 Å². The molecule has 0 aromatic carbocycles. The third-order valence-electron chi connectivity index (χ3n) is 3.73. The number of anilines is 1. The minimum Gasteiger partial charge on any atom is -0.383 e. The van der Waals surface area contributed by atoms with Crippen LogP contribution in [0.3, 0.4) is 0 Å². The summed E-state index contributed by atoms with van der Waals surface area (Å²) in [7, 11) is -2.53. The monoisotopic (exact) mass is 372 g/mol. The number of phosphoric ester groups is 1. The third-order valence-corrected chi connectivity index (χ3v) is 5.36. The zero-order valence-electron chi connectivity index (χ0n) is 14.4. The fraction of sp³-hybridized carbons (Fsp3) is 0.643. The van der Waals surface area contributed by atoms with Crippen molar-refractivity contribution in [3.63, 3.8) is 0 Å². The summed E-state index contributed by atoms with van der Waals surface area (Å²) < 4.78 is 35.0. The first-order chi connectivity index (χ1) is 11.6. The van der Waals surface area contributed by atoms with Crippen LogP contribution in [-0.4, -0.2) is 41.6 Å². The molecule has 0 bridgehead atoms. The lowest BCUT2D eigenvalue weighted by atomic mass is 9.92. The lowest BCUT2D eigenvalue weighted by Crippen LogP contribution is -2.56. The topological polar surface area (TPSA) is 139 Å². The summed E-state index contributed by atoms with van der Waals surface area (Å²) in [6.07, 6.45) is -0.969. The Hall–Kier alpha value is -1.76. The molecular formula is C14H21N4O6P. The average Bonchev–Trinajstić information content (AvgIpc) is 2.53. The normalized spacial score (nSPS) is 29.1. The van der Waals surface area contributed by atoms with Gasteiger partial charge in [0.2, 0.25) is 0 Å². The number of phosphoric acid groups is 1. The molecule has 0 radical (unpaired) electrons. The molecule has 0 aliphatic carbocycles. The largest absolute Gasteiger partial charge is 0.475 e. The molecule has 2 heterocycles. The van der Waals surface area contributed by atoms with Crippen LogP contribution >= 0.6 is 7.82 Å². The van der Waals surface area contributed by atoms with Gasteiger partial charge in [-0.1, -0.05) is 0 Å². The molecule has 10 nitrogen and oxygen atoms in total. The Kier molecular flexibility index (Phi) is 5.66. The minimum absolute atomic E-state index is 0.0199. The van der Waals surface area contributed by atoms with E-state index in [1.54, 1.807) is 13.8 Å². The molecule has 1 unspecified atom stereocenters. The molecule has 25 heavy (non-hydrogen) atoms. The molecule has 1 fully saturated rings. The number of nitriles is 1. The fourth-order valence-corrected chi connectivity index (χ4v) is 4.12. The van der Waals surface area contributed by atoms with Crippen molar-refractivity contribution < 1.29 is 22.9 Å². The van der Waals surface area contributed by atoms with E-state index < -0.39 is 37.4 Å². The summed E-state index contributed by atoms with van der Waals surface area (Å²) >= 11 is 0. The molecule has 1 saturated heterocycles. The van der Waals surface area contributed by atoms with Crippen molar-refractivity contribution in [2.45, 2.75) is 44.6 Å². The number of hydrogen-bond donors (Lipinski definition) is 1. The van der Waals surface area contributed by atoms with Crippen molar-refractivity contribution >= 4 is 13.6 Å². The van der Waals surface area contributed by atoms with Crippen LogP contribution in [0.5, 0.6) is 0 Å². The minimum atomic E-state index is -3.92. The Balaban J connectivity index is 2.49. The third kappa shape index (κ3) is 3.92. The summed E-state index contributed by atoms with van der Waals surface area (Å²) in [6, 6.07) is 3.40. The van der Waals surface area contributed by atoms with Gasteiger partial charge in [0.15, 0.2) is 5.54 Å². The number of aromatic nitrogens is 2. The Morgan fingerprint density at radius 3 is 2.80 bits per heavy atom. The van der Waals surface area contributed by atoms with Crippen LogP contribution in [-0.2, 0) is 28.4 Å². The zero-order chi connectivity index (χ0) is 18.8. The number of ether oxygens (including phenoxy) is 1. The zero-order valence-corrected chi connectivity index (χ0v) is 15.3. The van der Waals surface area contributed by atoms with Gasteiger partial charge in [-0.3, -0.25) is 18.1 Å². The van der Waals surface area contributed by atoms with E-state index in [1.165, 1.54) is 26.3 Å². The molecule has 0 saturated carbocycles. The van der Waals surface area contributed by atoms with Gasteiger partial charge in [-0.15, -0.1) is 0 Å². The second kappa shape index (κ2) is 7.23. The van der Waals surface area contributed by atoms with Crippen LogP contribution in [0, 0.1) is 11.3 Å². The second-order valence-corrected chi connectivity index (χ2v) is 7.54. The van der Waals surface area contributed by atoms with E-state index >= 15 is 0 Å². The number of methoxy groups -OCH3 is 1. The molecule has 1 aliphatic rings. The summed E-state index contributed by atoms with van der Waals surface area (Å²) in [5.41, 5.74) is 3.17. The van der Waals surface area contributed by atoms with E-state index in [1.807, 2.05) is 6.07 Å². The number of nitrogen functional groups attached to an aromatic ring is 1. The van der Waals surface area contributed by atoms with Crippen LogP contribution in [0.1, 0.15) is 20.8 Å². The number of rotatable bonds is 5. The highest BCUT2D eigenvalue weighted by Gasteiger charge is 2.52. The van der Waals surface area contributed by atoms with Crippen molar-refractivity contribution in [3.8, 4) is 6.07 Å². The van der Waals surface area contributed by atoms with Crippen molar-refractivity contribution in [1.82, 2.24) is 9.55 Å². The van der Waals surface area contributed by atoms with Crippen molar-refractivity contribution in [3.05, 3.63) is 22.7 Å². The van der Waals surface area contributed by atoms with Gasteiger partial charge in [0.25, 0.3) is 0 Å². The first-order valence-corrected chi connectivity index (χ1v) is 9.02. The maximum Gasteiger partial charge on any atom is 0.475 e. The van der Waals surface area contributed by atoms with Gasteiger partial charge in [-0.25, -0.2) is 9.36 Å². The molecular weight excluding hydrogens is 351 g/mol. The molecule has 0 amide bonds. The van der Waals surface area contributed by atoms with Crippen LogP contribution in [0.25, 0.3) is 0 Å². The van der Waals surface area contributed by atoms with Crippen LogP contribution < -0.4 is 11.4 Å². The van der Waals surface area contributed by atoms with Gasteiger partial charge in [-0.05, 0) is 26.8 Å². The molecule has 1 aliphatic heterocycles. The predicted molar refractivity (Wildman–Crippen MR) is 87.6 cm³/mol. The molecule has 4 atom stereocenters. The predicted octanol–water partition coefficient (Wildman–Crippen LogP) is 1.03. The molecule has 1 aromatic heterocycles. The smallest absolute Gasteiger partial charge is 0.383 e. The Morgan fingerprint density at radius 1 is 1.60 bits per heavy atom. The van der Waals surface area contributed by atoms with Gasteiger partial charge in [0, 0.05) is 13.3 Å². The van der Waals surface area contributed by atoms with E-state index in [9.17, 15) is 14.6 Å². The van der Waals surface area contributed by atoms with Gasteiger partial charge in [0.1, 0.15) is 18.0 Å². The first kappa shape index (κ1) is 19.6. The standard InChI is InChI=1S/C14H21N4O6P/c1-9(2)23-25(20)22-7-10(21-4)12(24-25)14(3,8-15)18-6-5-11(16)17-13(18)19/h5-6,9-10,12H,7H2,1-4H3,(H2,16,17,19)/t10-,12-,14-,25?/m1/s1. The second-order valence-electron chi connectivity index (χ2n) is 5.96. The first-order valence-electron chi connectivity index (χ1n) is 7.56. The van der Waals surface area contributed by atoms with Crippen LogP contribution in [0.2, 0.25) is 0 Å². The van der Waals surface area contributed by atoms with Crippen LogP contribution in [0.4, 0.5) is 5.82 Å². The summed E-state index contributed by atoms with van der Waals surface area (Å²) in [4.78, 5) is 15.8. The van der Waals surface area contributed by atoms with Gasteiger partial charge in [-0.2, -0.15) is 10.2 Å². The van der Waals surface area contributed by atoms with Crippen molar-refractivity contribution in [2.24, 2.45) is 0 Å². The molecule has 2 rings (SSSR count). The maximum atomic E-state index is 12.7. The molecule has 0 spiro atoms. The van der Waals surface area contributed by atoms with Gasteiger partial charge < -0.3 is 10.5 Å². The number of hydrogen-bond acceptors (Lipinski definition) is 9. The van der Waals surface area contributed by atoms with E-state index in [0.29, 0.717) is 0 Å². The fourth-order valence-electron chi connectivity index (χ4n) is 2.48. The number of nitrogens with zero attached hydrogens (tertiary/aromatic N) is 3. The van der Waals surface area contributed by atoms with Gasteiger partial charge in [0.05, 0.1) is 18.8 Å². The molecule has 138 valence electrons. The maximum absolute atomic E-state index is 12.7. The molecule has 2 N–H and O–H groups in total. The summed E-state index contributed by atoms with van der Waals surface area (Å²) in [5.74, 6) is 0.0199. The molecule has 11 heteroatoms. The van der Waals surface area contributed by atoms with E-state index in [0.717, 1.165) is 4.57 Å². The Morgan fingerprint density at radius 2 is 2.28 bits per heavy atom. The van der Waals surface area contributed by atoms with Crippen LogP contribution in [0.15, 0.2) is 17.1 Å². The quantitative estimate of drug-likeness (QED) is 0.751. The Bertz CT molecular complexity index is 775. The van der Waals surface area contributed by atoms with E-state index in [2.05, 4.69) is 4.98 Å². The summed E-state index contributed by atoms with van der Waals surface area (Å²) in [5, 5.41) is 9.77. The van der Waals surface area contributed by atoms with Gasteiger partial charge >= 0.3 is 13.5 Å². The molecule has 1 aromatic rings. The average molecular weight is 372 g/mol. The van der Waals surface area contributed by atoms with E-state index in [-0.39, 0.29) is 12.4 Å². The Labute approximate surface area is 145 Å². The highest BCUT2D eigenvalue weighted by molar-refractivity contribution is 7.48. The van der Waals surface area contributed by atoms with Crippen molar-refractivity contribution in [2.75, 3.05) is 19.5 Å². The lowest BCUT2D eigenvalue weighted by molar-refractivity contribution is -0.111. The highest BCUT2D eigenvalue weighted by Crippen LogP contribution is 2.56.